The van der Waals surface area contributed by atoms with Crippen molar-refractivity contribution in [3.05, 3.63) is 40.4 Å². The third-order valence-electron chi connectivity index (χ3n) is 9.86. The van der Waals surface area contributed by atoms with Crippen LogP contribution in [0, 0.1) is 17.2 Å². The fraction of sp³-hybridized carbons (Fsp3) is 0.533. The SMILES string of the molecule is CC1(C)[C@H](NC(=O)/C(=N\O[C@](C)(C(=O)O)[C@H]2CCc3cc(C(=N)N[C@H]4CC[C@H](N)[C@H]5C[C@H]54)ccc3O2)c2csc(N)n2)C(=O)N1OS(=O)(=O)O. The van der Waals surface area contributed by atoms with E-state index in [4.69, 9.17) is 31.0 Å². The van der Waals surface area contributed by atoms with Gasteiger partial charge in [0.15, 0.2) is 16.9 Å². The number of hydrogen-bond donors (Lipinski definition) is 7. The number of hydrogen-bond acceptors (Lipinski definition) is 14. The van der Waals surface area contributed by atoms with E-state index in [1.165, 1.54) is 26.2 Å². The molecule has 2 aliphatic heterocycles. The number of nitrogens with zero attached hydrogens (tertiary/aromatic N) is 3. The van der Waals surface area contributed by atoms with Crippen molar-refractivity contribution in [3.8, 4) is 5.75 Å². The molecule has 0 bridgehead atoms. The van der Waals surface area contributed by atoms with Gasteiger partial charge in [0, 0.05) is 23.0 Å². The monoisotopic (exact) mass is 734 g/mol. The number of aryl methyl sites for hydroxylation is 1. The predicted octanol–water partition coefficient (Wildman–Crippen LogP) is 0.564. The van der Waals surface area contributed by atoms with Crippen LogP contribution >= 0.6 is 11.3 Å². The quantitative estimate of drug-likeness (QED) is 0.0546. The van der Waals surface area contributed by atoms with Crippen molar-refractivity contribution >= 4 is 56.2 Å². The van der Waals surface area contributed by atoms with Crippen molar-refractivity contribution in [3.63, 3.8) is 0 Å². The van der Waals surface area contributed by atoms with E-state index in [-0.39, 0.29) is 29.3 Å². The number of aromatic nitrogens is 1. The molecule has 270 valence electrons. The van der Waals surface area contributed by atoms with Gasteiger partial charge in [-0.1, -0.05) is 5.16 Å². The highest BCUT2D eigenvalue weighted by atomic mass is 32.3. The molecule has 0 spiro atoms. The normalized spacial score (nSPS) is 28.1. The van der Waals surface area contributed by atoms with E-state index in [2.05, 4.69) is 25.1 Å². The minimum absolute atomic E-state index is 0.0591. The molecule has 3 fully saturated rings. The van der Waals surface area contributed by atoms with Crippen LogP contribution in [0.4, 0.5) is 5.13 Å². The number of ether oxygens (including phenoxy) is 1. The van der Waals surface area contributed by atoms with Crippen LogP contribution in [0.2, 0.25) is 0 Å². The van der Waals surface area contributed by atoms with E-state index in [9.17, 15) is 27.9 Å². The number of carboxylic acid groups (broad SMARTS) is 1. The average Bonchev–Trinajstić information content (AvgIpc) is 3.77. The van der Waals surface area contributed by atoms with Crippen molar-refractivity contribution < 1.29 is 46.3 Å². The first-order valence-electron chi connectivity index (χ1n) is 15.8. The van der Waals surface area contributed by atoms with Gasteiger partial charge in [-0.25, -0.2) is 9.78 Å². The van der Waals surface area contributed by atoms with Crippen molar-refractivity contribution in [1.29, 1.82) is 5.41 Å². The Morgan fingerprint density at radius 2 is 1.98 bits per heavy atom. The number of rotatable bonds is 11. The number of β-lactam (4-membered cyclic amide) rings is 1. The molecule has 18 nitrogen and oxygen atoms in total. The second-order valence-electron chi connectivity index (χ2n) is 13.6. The van der Waals surface area contributed by atoms with E-state index < -0.39 is 57.2 Å². The Morgan fingerprint density at radius 1 is 1.24 bits per heavy atom. The molecule has 0 unspecified atom stereocenters. The molecule has 0 radical (unpaired) electrons. The first-order chi connectivity index (χ1) is 23.4. The molecular weight excluding hydrogens is 697 g/mol. The first kappa shape index (κ1) is 35.5. The van der Waals surface area contributed by atoms with Crippen LogP contribution in [0.5, 0.6) is 5.75 Å². The smallest absolute Gasteiger partial charge is 0.418 e. The van der Waals surface area contributed by atoms with Gasteiger partial charge >= 0.3 is 16.4 Å². The number of carboxylic acids is 1. The molecule has 2 amide bonds. The summed E-state index contributed by atoms with van der Waals surface area (Å²) < 4.78 is 41.8. The largest absolute Gasteiger partial charge is 0.485 e. The van der Waals surface area contributed by atoms with Crippen LogP contribution in [-0.2, 0) is 40.3 Å². The summed E-state index contributed by atoms with van der Waals surface area (Å²) in [6.07, 6.45) is 2.45. The van der Waals surface area contributed by atoms with Gasteiger partial charge < -0.3 is 36.8 Å². The summed E-state index contributed by atoms with van der Waals surface area (Å²) in [5, 5.41) is 30.5. The number of carbonyl (C=O) groups is 3. The number of aliphatic carboxylic acids is 1. The number of nitrogen functional groups attached to an aromatic ring is 1. The maximum absolute atomic E-state index is 13.5. The zero-order chi connectivity index (χ0) is 36.3. The molecule has 1 aromatic carbocycles. The minimum Gasteiger partial charge on any atom is -0.485 e. The molecule has 20 heteroatoms. The molecule has 50 heavy (non-hydrogen) atoms. The molecule has 4 aliphatic rings. The zero-order valence-corrected chi connectivity index (χ0v) is 28.9. The Morgan fingerprint density at radius 3 is 2.62 bits per heavy atom. The van der Waals surface area contributed by atoms with Crippen LogP contribution in [-0.4, -0.2) is 92.8 Å². The van der Waals surface area contributed by atoms with Gasteiger partial charge in [0.05, 0.1) is 5.54 Å². The number of anilines is 1. The van der Waals surface area contributed by atoms with Gasteiger partial charge in [0.2, 0.25) is 0 Å². The molecule has 6 rings (SSSR count). The van der Waals surface area contributed by atoms with E-state index >= 15 is 0 Å². The number of benzene rings is 1. The lowest BCUT2D eigenvalue weighted by Crippen LogP contribution is -2.76. The number of nitrogens with one attached hydrogen (secondary N) is 3. The Balaban J connectivity index is 1.17. The zero-order valence-electron chi connectivity index (χ0n) is 27.3. The Hall–Kier alpha value is -4.37. The lowest BCUT2D eigenvalue weighted by molar-refractivity contribution is -0.218. The van der Waals surface area contributed by atoms with Gasteiger partial charge in [-0.15, -0.1) is 15.6 Å². The lowest BCUT2D eigenvalue weighted by Gasteiger charge is -2.50. The molecule has 1 aromatic heterocycles. The number of thiazole rings is 1. The van der Waals surface area contributed by atoms with Crippen LogP contribution < -0.4 is 26.8 Å². The molecule has 7 atom stereocenters. The standard InChI is InChI=1S/C30H38N8O10S2/c1-29(2)23(26(40)38(29)48-50(43,44)45)36-25(39)22(19-12-49-28(33)35-19)37-47-30(3,27(41)42)21-9-5-13-10-14(4-8-20(13)46-21)24(32)34-18-7-6-17(31)15-11-16(15)18/h4,8,10,12,15-18,21,23H,5-7,9,11,31H2,1-3H3,(H2,32,34)(H2,33,35)(H,36,39)(H,41,42)(H,43,44,45)/b37-22-/t15-,16+,17-,18-,21+,23+,30-/m0/s1. The molecule has 2 aromatic rings. The summed E-state index contributed by atoms with van der Waals surface area (Å²) in [7, 11) is -5.03. The van der Waals surface area contributed by atoms with E-state index in [1.54, 1.807) is 12.1 Å². The molecule has 3 heterocycles. The van der Waals surface area contributed by atoms with Gasteiger partial charge in [-0.3, -0.25) is 19.6 Å². The summed E-state index contributed by atoms with van der Waals surface area (Å²) in [5.74, 6) is -1.73. The molecule has 1 saturated heterocycles. The summed E-state index contributed by atoms with van der Waals surface area (Å²) in [6, 6.07) is 4.36. The fourth-order valence-electron chi connectivity index (χ4n) is 6.77. The third kappa shape index (κ3) is 6.72. The van der Waals surface area contributed by atoms with Gasteiger partial charge in [0.1, 0.15) is 23.3 Å². The van der Waals surface area contributed by atoms with E-state index in [1.807, 2.05) is 6.07 Å². The maximum atomic E-state index is 13.5. The predicted molar refractivity (Wildman–Crippen MR) is 177 cm³/mol. The summed E-state index contributed by atoms with van der Waals surface area (Å²) >= 11 is 0.966. The van der Waals surface area contributed by atoms with E-state index in [0.717, 1.165) is 36.2 Å². The van der Waals surface area contributed by atoms with Crippen molar-refractivity contribution in [1.82, 2.24) is 20.7 Å². The van der Waals surface area contributed by atoms with Crippen LogP contribution in [0.1, 0.15) is 63.3 Å². The number of oxime groups is 1. The van der Waals surface area contributed by atoms with Crippen LogP contribution in [0.25, 0.3) is 0 Å². The average molecular weight is 735 g/mol. The Bertz CT molecular complexity index is 1880. The second-order valence-corrected chi connectivity index (χ2v) is 15.5. The Kier molecular flexibility index (Phi) is 9.04. The topological polar surface area (TPSA) is 282 Å². The van der Waals surface area contributed by atoms with Gasteiger partial charge in [0.25, 0.3) is 17.4 Å². The number of amides is 2. The number of hydroxylamine groups is 2. The molecule has 9 N–H and O–H groups in total. The minimum atomic E-state index is -5.03. The second kappa shape index (κ2) is 12.7. The van der Waals surface area contributed by atoms with Gasteiger partial charge in [-0.05, 0) is 88.5 Å². The van der Waals surface area contributed by atoms with Crippen LogP contribution in [0.3, 0.4) is 0 Å². The highest BCUT2D eigenvalue weighted by Gasteiger charge is 2.58. The highest BCUT2D eigenvalue weighted by molar-refractivity contribution is 7.80. The van der Waals surface area contributed by atoms with Gasteiger partial charge in [-0.2, -0.15) is 13.5 Å². The fourth-order valence-corrected chi connectivity index (χ4v) is 7.77. The number of fused-ring (bicyclic) bond motifs is 2. The summed E-state index contributed by atoms with van der Waals surface area (Å²) in [6.45, 7) is 3.99. The van der Waals surface area contributed by atoms with Crippen molar-refractivity contribution in [2.45, 2.75) is 88.2 Å². The highest BCUT2D eigenvalue weighted by Crippen LogP contribution is 2.49. The maximum Gasteiger partial charge on any atom is 0.418 e. The number of amidine groups is 1. The third-order valence-corrected chi connectivity index (χ3v) is 10.9. The molecule has 2 saturated carbocycles. The van der Waals surface area contributed by atoms with Crippen LogP contribution in [0.15, 0.2) is 28.7 Å². The first-order valence-corrected chi connectivity index (χ1v) is 18.1. The van der Waals surface area contributed by atoms with E-state index in [0.29, 0.717) is 40.5 Å². The van der Waals surface area contributed by atoms with Crippen molar-refractivity contribution in [2.75, 3.05) is 5.73 Å². The molecular formula is C30H38N8O10S2. The lowest BCUT2D eigenvalue weighted by atomic mass is 9.84. The summed E-state index contributed by atoms with van der Waals surface area (Å²) in [4.78, 5) is 48.4. The number of nitrogens with two attached hydrogens (primary N) is 2. The Labute approximate surface area is 290 Å². The summed E-state index contributed by atoms with van der Waals surface area (Å²) in [5.41, 5.74) is 9.25. The molecule has 2 aliphatic carbocycles. The number of carbonyl (C=O) groups excluding carboxylic acids is 2. The van der Waals surface area contributed by atoms with Crippen molar-refractivity contribution in [2.24, 2.45) is 22.7 Å².